The van der Waals surface area contributed by atoms with E-state index < -0.39 is 8.07 Å². The Hall–Kier alpha value is -0.569. The monoisotopic (exact) mass is 431 g/mol. The van der Waals surface area contributed by atoms with E-state index in [0.717, 1.165) is 6.42 Å². The molecule has 1 aliphatic heterocycles. The van der Waals surface area contributed by atoms with Crippen molar-refractivity contribution in [3.05, 3.63) is 77.4 Å². The maximum atomic E-state index is 3.56. The van der Waals surface area contributed by atoms with Crippen molar-refractivity contribution < 1.29 is 46.5 Å². The van der Waals surface area contributed by atoms with Crippen LogP contribution in [0.15, 0.2) is 54.6 Å². The van der Waals surface area contributed by atoms with Crippen molar-refractivity contribution in [3.8, 4) is 11.1 Å². The van der Waals surface area contributed by atoms with E-state index in [9.17, 15) is 0 Å². The van der Waals surface area contributed by atoms with Gasteiger partial charge in [0.2, 0.25) is 0 Å². The smallest absolute Gasteiger partial charge is 1.00 e. The molecule has 131 valence electrons. The summed E-state index contributed by atoms with van der Waals surface area (Å²) in [6.45, 7) is 2.63. The van der Waals surface area contributed by atoms with Crippen LogP contribution in [0.3, 0.4) is 0 Å². The van der Waals surface area contributed by atoms with E-state index in [2.05, 4.69) is 67.2 Å². The molecule has 1 atom stereocenters. The van der Waals surface area contributed by atoms with Gasteiger partial charge in [0.25, 0.3) is 0 Å². The maximum Gasteiger partial charge on any atom is 3.00 e. The van der Waals surface area contributed by atoms with Crippen LogP contribution >= 0.6 is 0 Å². The molecule has 2 aliphatic carbocycles. The largest absolute Gasteiger partial charge is 3.00 e. The standard InChI is InChI=1S/C22H21Si.2ClH.Ti/c1-23(14-7-15-23)22-20-11-5-4-10-18(20)19-13-6-12-17(21(19)22)16-8-2-3-9-16;;;/h2,4-6,8,10-13,22H,3,7,14-15H2,1H3;2*1H;/q-1;;;+3/p-2. The minimum atomic E-state index is -1.21. The van der Waals surface area contributed by atoms with Gasteiger partial charge in [0.15, 0.2) is 0 Å². The topological polar surface area (TPSA) is 0 Å². The van der Waals surface area contributed by atoms with Crippen molar-refractivity contribution in [1.29, 1.82) is 0 Å². The third-order valence-corrected chi connectivity index (χ3v) is 11.1. The second-order valence-corrected chi connectivity index (χ2v) is 12.4. The fraction of sp³-hybridized carbons (Fsp3) is 0.273. The van der Waals surface area contributed by atoms with E-state index in [1.807, 2.05) is 0 Å². The molecule has 1 unspecified atom stereocenters. The normalized spacial score (nSPS) is 20.5. The molecule has 26 heavy (non-hydrogen) atoms. The first-order valence-corrected chi connectivity index (χ1v) is 11.8. The van der Waals surface area contributed by atoms with E-state index in [4.69, 9.17) is 0 Å². The molecule has 0 aromatic heterocycles. The Morgan fingerprint density at radius 3 is 2.27 bits per heavy atom. The summed E-state index contributed by atoms with van der Waals surface area (Å²) in [5, 5.41) is 0. The number of hydrogen-bond acceptors (Lipinski definition) is 0. The van der Waals surface area contributed by atoms with Crippen LogP contribution < -0.4 is 24.8 Å². The molecule has 0 bridgehead atoms. The van der Waals surface area contributed by atoms with Gasteiger partial charge >= 0.3 is 21.7 Å². The Bertz CT molecular complexity index is 868. The molecule has 0 spiro atoms. The second kappa shape index (κ2) is 8.21. The molecule has 1 heterocycles. The predicted molar refractivity (Wildman–Crippen MR) is 100.0 cm³/mol. The Balaban J connectivity index is 0.000000810. The first-order valence-electron chi connectivity index (χ1n) is 8.78. The number of benzene rings is 2. The summed E-state index contributed by atoms with van der Waals surface area (Å²) in [4.78, 5) is 0. The van der Waals surface area contributed by atoms with Gasteiger partial charge in [-0.1, -0.05) is 73.4 Å². The minimum Gasteiger partial charge on any atom is -1.00 e. The van der Waals surface area contributed by atoms with Crippen LogP contribution in [0.1, 0.15) is 35.1 Å². The molecule has 1 radical (unpaired) electrons. The molecule has 0 nitrogen and oxygen atoms in total. The Morgan fingerprint density at radius 2 is 1.62 bits per heavy atom. The van der Waals surface area contributed by atoms with Crippen molar-refractivity contribution in [1.82, 2.24) is 0 Å². The molecule has 2 aromatic carbocycles. The maximum absolute atomic E-state index is 3.56. The van der Waals surface area contributed by atoms with Gasteiger partial charge in [-0.15, -0.1) is 17.7 Å². The summed E-state index contributed by atoms with van der Waals surface area (Å²) in [7, 11) is -1.21. The number of halogens is 2. The van der Waals surface area contributed by atoms with Gasteiger partial charge in [0, 0.05) is 0 Å². The molecule has 5 rings (SSSR count). The summed E-state index contributed by atoms with van der Waals surface area (Å²) in [5.41, 5.74) is 9.63. The molecule has 4 heteroatoms. The zero-order valence-corrected chi connectivity index (χ0v) is 18.9. The Labute approximate surface area is 184 Å². The molecule has 0 saturated carbocycles. The van der Waals surface area contributed by atoms with Crippen molar-refractivity contribution in [2.45, 2.75) is 37.0 Å². The Kier molecular flexibility index (Phi) is 6.86. The zero-order valence-electron chi connectivity index (χ0n) is 14.9. The summed E-state index contributed by atoms with van der Waals surface area (Å²) >= 11 is 0. The van der Waals surface area contributed by atoms with Crippen LogP contribution in [0.4, 0.5) is 0 Å². The number of hydrogen-bond donors (Lipinski definition) is 0. The molecule has 3 aliphatic rings. The fourth-order valence-electron chi connectivity index (χ4n) is 4.83. The zero-order chi connectivity index (χ0) is 15.4. The number of allylic oxidation sites excluding steroid dienone is 4. The minimum absolute atomic E-state index is 0. The Morgan fingerprint density at radius 1 is 0.923 bits per heavy atom. The fourth-order valence-corrected chi connectivity index (χ4v) is 8.89. The van der Waals surface area contributed by atoms with Crippen molar-refractivity contribution in [3.63, 3.8) is 0 Å². The first kappa shape index (κ1) is 21.7. The van der Waals surface area contributed by atoms with E-state index in [1.54, 1.807) is 11.1 Å². The van der Waals surface area contributed by atoms with Crippen molar-refractivity contribution in [2.75, 3.05) is 0 Å². The average molecular weight is 432 g/mol. The molecule has 2 aromatic rings. The van der Waals surface area contributed by atoms with Crippen molar-refractivity contribution >= 4 is 13.6 Å². The summed E-state index contributed by atoms with van der Waals surface area (Å²) in [5.74, 6) is 0. The number of fused-ring (bicyclic) bond motifs is 3. The van der Waals surface area contributed by atoms with E-state index >= 15 is 0 Å². The van der Waals surface area contributed by atoms with E-state index in [0.29, 0.717) is 5.54 Å². The summed E-state index contributed by atoms with van der Waals surface area (Å²) in [6.07, 6.45) is 10.5. The van der Waals surface area contributed by atoms with Gasteiger partial charge in [-0.05, 0) is 22.2 Å². The van der Waals surface area contributed by atoms with Crippen LogP contribution in [0.25, 0.3) is 16.7 Å². The van der Waals surface area contributed by atoms with Crippen LogP contribution in [0.5, 0.6) is 0 Å². The molecule has 1 saturated heterocycles. The van der Waals surface area contributed by atoms with Crippen LogP contribution in [0.2, 0.25) is 18.6 Å². The average Bonchev–Trinajstić information content (AvgIpc) is 3.19. The third kappa shape index (κ3) is 3.12. The third-order valence-electron chi connectivity index (χ3n) is 6.13. The molecule has 0 amide bonds. The van der Waals surface area contributed by atoms with Crippen LogP contribution in [0, 0.1) is 6.08 Å². The molecule has 1 fully saturated rings. The SMILES string of the molecule is C[Si]1(C2c3ccccc3-c3cccc(C4=[C-]CC=C4)c32)CCC1.[Cl-].[Cl-].[Ti+3]. The molecule has 0 N–H and O–H groups in total. The summed E-state index contributed by atoms with van der Waals surface area (Å²) in [6, 6.07) is 19.0. The predicted octanol–water partition coefficient (Wildman–Crippen LogP) is -0.0276. The van der Waals surface area contributed by atoms with Gasteiger partial charge in [0.1, 0.15) is 0 Å². The van der Waals surface area contributed by atoms with Gasteiger partial charge in [-0.3, -0.25) is 0 Å². The summed E-state index contributed by atoms with van der Waals surface area (Å²) < 4.78 is 0. The van der Waals surface area contributed by atoms with Gasteiger partial charge in [0.05, 0.1) is 8.07 Å². The van der Waals surface area contributed by atoms with Crippen LogP contribution in [-0.2, 0) is 21.7 Å². The first-order chi connectivity index (χ1) is 11.3. The quantitative estimate of drug-likeness (QED) is 0.462. The number of rotatable bonds is 2. The van der Waals surface area contributed by atoms with E-state index in [1.165, 1.54) is 40.8 Å². The van der Waals surface area contributed by atoms with Crippen LogP contribution in [-0.4, -0.2) is 8.07 Å². The van der Waals surface area contributed by atoms with Gasteiger partial charge in [-0.2, -0.15) is 17.7 Å². The molecular weight excluding hydrogens is 411 g/mol. The second-order valence-electron chi connectivity index (χ2n) is 7.49. The van der Waals surface area contributed by atoms with Crippen molar-refractivity contribution in [2.24, 2.45) is 0 Å². The van der Waals surface area contributed by atoms with E-state index in [-0.39, 0.29) is 46.5 Å². The van der Waals surface area contributed by atoms with Gasteiger partial charge < -0.3 is 24.8 Å². The molecular formula is C22H21Cl2SiTi. The van der Waals surface area contributed by atoms with Gasteiger partial charge in [-0.25, -0.2) is 0 Å².